The van der Waals surface area contributed by atoms with Crippen molar-refractivity contribution < 1.29 is 23.0 Å². The lowest BCUT2D eigenvalue weighted by Crippen LogP contribution is -2.07. The van der Waals surface area contributed by atoms with Crippen LogP contribution in [0.5, 0.6) is 5.75 Å². The number of esters is 1. The van der Waals surface area contributed by atoms with E-state index in [-0.39, 0.29) is 17.0 Å². The first-order valence-electron chi connectivity index (χ1n) is 3.97. The zero-order chi connectivity index (χ0) is 11.4. The van der Waals surface area contributed by atoms with Crippen LogP contribution in [-0.2, 0) is 4.74 Å². The Morgan fingerprint density at radius 3 is 2.60 bits per heavy atom. The summed E-state index contributed by atoms with van der Waals surface area (Å²) in [5.74, 6) is -0.730. The Morgan fingerprint density at radius 1 is 1.47 bits per heavy atom. The number of hydrogen-bond donors (Lipinski definition) is 1. The van der Waals surface area contributed by atoms with Gasteiger partial charge in [0.2, 0.25) is 0 Å². The van der Waals surface area contributed by atoms with Gasteiger partial charge in [-0.3, -0.25) is 0 Å². The molecule has 82 valence electrons. The van der Waals surface area contributed by atoms with Gasteiger partial charge in [-0.1, -0.05) is 0 Å². The highest BCUT2D eigenvalue weighted by Crippen LogP contribution is 2.21. The summed E-state index contributed by atoms with van der Waals surface area (Å²) in [5, 5.41) is 0. The number of rotatable bonds is 3. The van der Waals surface area contributed by atoms with E-state index in [0.717, 1.165) is 6.07 Å². The summed E-state index contributed by atoms with van der Waals surface area (Å²) in [6.07, 6.45) is 0. The van der Waals surface area contributed by atoms with Gasteiger partial charge >= 0.3 is 12.6 Å². The highest BCUT2D eigenvalue weighted by atomic mass is 19.3. The quantitative estimate of drug-likeness (QED) is 0.617. The number of carbonyl (C=O) groups is 1. The van der Waals surface area contributed by atoms with Crippen LogP contribution in [-0.4, -0.2) is 19.7 Å². The number of anilines is 1. The van der Waals surface area contributed by atoms with Crippen LogP contribution in [0.4, 0.5) is 14.5 Å². The molecule has 1 aromatic rings. The Balaban J connectivity index is 2.93. The highest BCUT2D eigenvalue weighted by Gasteiger charge is 2.12. The van der Waals surface area contributed by atoms with Gasteiger partial charge < -0.3 is 15.2 Å². The Morgan fingerprint density at radius 2 is 2.13 bits per heavy atom. The fourth-order valence-corrected chi connectivity index (χ4v) is 1.01. The fourth-order valence-electron chi connectivity index (χ4n) is 1.01. The maximum absolute atomic E-state index is 11.8. The molecule has 4 nitrogen and oxygen atoms in total. The van der Waals surface area contributed by atoms with Gasteiger partial charge in [-0.2, -0.15) is 8.78 Å². The second-order valence-corrected chi connectivity index (χ2v) is 2.62. The zero-order valence-electron chi connectivity index (χ0n) is 7.87. The van der Waals surface area contributed by atoms with Crippen molar-refractivity contribution in [3.63, 3.8) is 0 Å². The molecule has 0 spiro atoms. The van der Waals surface area contributed by atoms with Crippen LogP contribution in [0.2, 0.25) is 0 Å². The van der Waals surface area contributed by atoms with Gasteiger partial charge in [0.1, 0.15) is 5.75 Å². The predicted octanol–water partition coefficient (Wildman–Crippen LogP) is 1.66. The normalized spacial score (nSPS) is 10.1. The predicted molar refractivity (Wildman–Crippen MR) is 48.8 cm³/mol. The van der Waals surface area contributed by atoms with Crippen molar-refractivity contribution in [1.82, 2.24) is 0 Å². The van der Waals surface area contributed by atoms with E-state index in [1.807, 2.05) is 0 Å². The molecule has 6 heteroatoms. The third kappa shape index (κ3) is 2.80. The third-order valence-corrected chi connectivity index (χ3v) is 1.65. The second-order valence-electron chi connectivity index (χ2n) is 2.62. The van der Waals surface area contributed by atoms with Crippen LogP contribution in [0.15, 0.2) is 18.2 Å². The standard InChI is InChI=1S/C9H9F2NO3/c1-14-8(13)6-3-2-5(4-7(6)12)15-9(10)11/h2-4,9H,12H2,1H3. The van der Waals surface area contributed by atoms with Gasteiger partial charge in [0, 0.05) is 11.8 Å². The van der Waals surface area contributed by atoms with E-state index in [0.29, 0.717) is 0 Å². The minimum absolute atomic E-state index is 0.0278. The van der Waals surface area contributed by atoms with Crippen molar-refractivity contribution in [2.75, 3.05) is 12.8 Å². The SMILES string of the molecule is COC(=O)c1ccc(OC(F)F)cc1N. The van der Waals surface area contributed by atoms with Crippen molar-refractivity contribution in [2.45, 2.75) is 6.61 Å². The van der Waals surface area contributed by atoms with Crippen molar-refractivity contribution >= 4 is 11.7 Å². The molecule has 0 bridgehead atoms. The van der Waals surface area contributed by atoms with Gasteiger partial charge in [0.05, 0.1) is 12.7 Å². The van der Waals surface area contributed by atoms with Gasteiger partial charge in [-0.25, -0.2) is 4.79 Å². The van der Waals surface area contributed by atoms with Gasteiger partial charge in [-0.05, 0) is 12.1 Å². The minimum atomic E-state index is -2.92. The maximum atomic E-state index is 11.8. The fraction of sp³-hybridized carbons (Fsp3) is 0.222. The second kappa shape index (κ2) is 4.59. The number of halogens is 2. The molecule has 0 aliphatic carbocycles. The lowest BCUT2D eigenvalue weighted by atomic mass is 10.2. The molecule has 0 saturated carbocycles. The molecular formula is C9H9F2NO3. The average Bonchev–Trinajstić information content (AvgIpc) is 2.16. The summed E-state index contributed by atoms with van der Waals surface area (Å²) >= 11 is 0. The van der Waals surface area contributed by atoms with E-state index < -0.39 is 12.6 Å². The van der Waals surface area contributed by atoms with Crippen LogP contribution in [0.1, 0.15) is 10.4 Å². The van der Waals surface area contributed by atoms with Crippen molar-refractivity contribution in [3.8, 4) is 5.75 Å². The molecule has 0 fully saturated rings. The summed E-state index contributed by atoms with van der Waals surface area (Å²) in [4.78, 5) is 11.1. The molecule has 0 amide bonds. The van der Waals surface area contributed by atoms with E-state index in [4.69, 9.17) is 5.73 Å². The van der Waals surface area contributed by atoms with E-state index in [2.05, 4.69) is 9.47 Å². The molecule has 15 heavy (non-hydrogen) atoms. The molecule has 0 radical (unpaired) electrons. The first-order chi connectivity index (χ1) is 7.04. The summed E-state index contributed by atoms with van der Waals surface area (Å²) < 4.78 is 32.2. The molecule has 0 aromatic heterocycles. The topological polar surface area (TPSA) is 61.5 Å². The number of ether oxygens (including phenoxy) is 2. The minimum Gasteiger partial charge on any atom is -0.465 e. The molecule has 2 N–H and O–H groups in total. The highest BCUT2D eigenvalue weighted by molar-refractivity contribution is 5.95. The number of alkyl halides is 2. The maximum Gasteiger partial charge on any atom is 0.387 e. The largest absolute Gasteiger partial charge is 0.465 e. The lowest BCUT2D eigenvalue weighted by Gasteiger charge is -2.07. The number of carbonyl (C=O) groups excluding carboxylic acids is 1. The van der Waals surface area contributed by atoms with Crippen LogP contribution in [0.3, 0.4) is 0 Å². The molecule has 0 heterocycles. The molecule has 1 rings (SSSR count). The van der Waals surface area contributed by atoms with E-state index >= 15 is 0 Å². The monoisotopic (exact) mass is 217 g/mol. The molecular weight excluding hydrogens is 208 g/mol. The van der Waals surface area contributed by atoms with Crippen LogP contribution in [0.25, 0.3) is 0 Å². The molecule has 0 aliphatic heterocycles. The Kier molecular flexibility index (Phi) is 3.43. The summed E-state index contributed by atoms with van der Waals surface area (Å²) in [6.45, 7) is -2.92. The van der Waals surface area contributed by atoms with Crippen molar-refractivity contribution in [2.24, 2.45) is 0 Å². The van der Waals surface area contributed by atoms with Crippen molar-refractivity contribution in [1.29, 1.82) is 0 Å². The number of nitrogens with two attached hydrogens (primary N) is 1. The summed E-state index contributed by atoms with van der Waals surface area (Å²) in [7, 11) is 1.20. The van der Waals surface area contributed by atoms with Crippen LogP contribution in [0, 0.1) is 0 Å². The van der Waals surface area contributed by atoms with Crippen LogP contribution < -0.4 is 10.5 Å². The van der Waals surface area contributed by atoms with E-state index in [1.54, 1.807) is 0 Å². The first-order valence-corrected chi connectivity index (χ1v) is 3.97. The molecule has 0 atom stereocenters. The number of hydrogen-bond acceptors (Lipinski definition) is 4. The smallest absolute Gasteiger partial charge is 0.387 e. The van der Waals surface area contributed by atoms with Gasteiger partial charge in [-0.15, -0.1) is 0 Å². The number of nitrogen functional groups attached to an aromatic ring is 1. The van der Waals surface area contributed by atoms with E-state index in [1.165, 1.54) is 19.2 Å². The zero-order valence-corrected chi connectivity index (χ0v) is 7.87. The average molecular weight is 217 g/mol. The first kappa shape index (κ1) is 11.2. The Bertz CT molecular complexity index is 368. The molecule has 0 unspecified atom stereocenters. The van der Waals surface area contributed by atoms with Crippen LogP contribution >= 0.6 is 0 Å². The molecule has 1 aromatic carbocycles. The number of methoxy groups -OCH3 is 1. The van der Waals surface area contributed by atoms with Gasteiger partial charge in [0.25, 0.3) is 0 Å². The molecule has 0 saturated heterocycles. The summed E-state index contributed by atoms with van der Waals surface area (Å²) in [5.41, 5.74) is 5.59. The van der Waals surface area contributed by atoms with Crippen molar-refractivity contribution in [3.05, 3.63) is 23.8 Å². The van der Waals surface area contributed by atoms with Gasteiger partial charge in [0.15, 0.2) is 0 Å². The molecule has 0 aliphatic rings. The Labute approximate surface area is 84.6 Å². The summed E-state index contributed by atoms with van der Waals surface area (Å²) in [6, 6.07) is 3.62. The number of benzene rings is 1. The Hall–Kier alpha value is -1.85. The third-order valence-electron chi connectivity index (χ3n) is 1.65. The van der Waals surface area contributed by atoms with E-state index in [9.17, 15) is 13.6 Å². The lowest BCUT2D eigenvalue weighted by molar-refractivity contribution is -0.0497.